The van der Waals surface area contributed by atoms with Crippen LogP contribution in [0.5, 0.6) is 11.6 Å². The number of hydrogen-bond donors (Lipinski definition) is 0. The largest absolute Gasteiger partial charge is 0.491 e. The van der Waals surface area contributed by atoms with Crippen LogP contribution in [0.15, 0.2) is 36.8 Å². The molecule has 0 saturated carbocycles. The van der Waals surface area contributed by atoms with E-state index in [1.165, 1.54) is 24.4 Å². The highest BCUT2D eigenvalue weighted by Gasteiger charge is 2.38. The molecule has 0 spiro atoms. The van der Waals surface area contributed by atoms with Gasteiger partial charge in [-0.2, -0.15) is 18.3 Å². The van der Waals surface area contributed by atoms with Crippen molar-refractivity contribution in [2.75, 3.05) is 18.6 Å². The highest BCUT2D eigenvalue weighted by atomic mass is 19.4. The second-order valence-corrected chi connectivity index (χ2v) is 7.78. The molecule has 1 aromatic carbocycles. The second kappa shape index (κ2) is 8.42. The summed E-state index contributed by atoms with van der Waals surface area (Å²) in [7, 11) is 1.54. The van der Waals surface area contributed by atoms with Crippen LogP contribution < -0.4 is 14.4 Å². The second-order valence-electron chi connectivity index (χ2n) is 7.78. The lowest BCUT2D eigenvalue weighted by molar-refractivity contribution is -0.142. The van der Waals surface area contributed by atoms with Crippen molar-refractivity contribution in [1.29, 1.82) is 0 Å². The third-order valence-corrected chi connectivity index (χ3v) is 5.53. The number of carbonyl (C=O) groups excluding carboxylic acids is 1. The van der Waals surface area contributed by atoms with Crippen molar-refractivity contribution in [2.45, 2.75) is 39.5 Å². The molecule has 0 N–H and O–H groups in total. The van der Waals surface area contributed by atoms with Gasteiger partial charge in [0, 0.05) is 23.5 Å². The number of amides is 1. The monoisotopic (exact) mass is 460 g/mol. The van der Waals surface area contributed by atoms with Crippen molar-refractivity contribution in [3.8, 4) is 22.8 Å². The van der Waals surface area contributed by atoms with Crippen molar-refractivity contribution < 1.29 is 27.4 Å². The van der Waals surface area contributed by atoms with E-state index in [2.05, 4.69) is 10.1 Å². The molecule has 1 aliphatic rings. The van der Waals surface area contributed by atoms with Gasteiger partial charge in [-0.1, -0.05) is 6.07 Å². The predicted molar refractivity (Wildman–Crippen MR) is 116 cm³/mol. The number of nitrogens with zero attached hydrogens (tertiary/aromatic N) is 4. The first kappa shape index (κ1) is 22.6. The minimum absolute atomic E-state index is 0.268. The minimum atomic E-state index is -4.40. The molecule has 174 valence electrons. The molecule has 0 radical (unpaired) electrons. The van der Waals surface area contributed by atoms with E-state index in [1.807, 2.05) is 39.0 Å². The fraction of sp³-hybridized carbons (Fsp3) is 0.348. The number of rotatable bonds is 6. The predicted octanol–water partition coefficient (Wildman–Crippen LogP) is 4.94. The number of hydrogen-bond acceptors (Lipinski definition) is 5. The lowest BCUT2D eigenvalue weighted by Crippen LogP contribution is -2.26. The van der Waals surface area contributed by atoms with Crippen molar-refractivity contribution in [3.63, 3.8) is 0 Å². The van der Waals surface area contributed by atoms with Gasteiger partial charge < -0.3 is 9.47 Å². The molecule has 0 saturated heterocycles. The van der Waals surface area contributed by atoms with Gasteiger partial charge in [-0.25, -0.2) is 4.98 Å². The number of aryl methyl sites for hydroxylation is 1. The molecule has 4 rings (SSSR count). The highest BCUT2D eigenvalue weighted by Crippen LogP contribution is 2.41. The van der Waals surface area contributed by atoms with Crippen LogP contribution in [0.2, 0.25) is 0 Å². The zero-order valence-corrected chi connectivity index (χ0v) is 18.6. The van der Waals surface area contributed by atoms with Crippen LogP contribution in [-0.2, 0) is 6.54 Å². The standard InChI is InChI=1S/C23H23F3N4O3/c1-5-33-21-19(32-4)8-16(9-27-21)15-6-13(2)20-18(7-15)14(3)30(22(20)31)17-10-28-29(11-17)12-23(24,25)26/h6-11,14H,5,12H2,1-4H3. The summed E-state index contributed by atoms with van der Waals surface area (Å²) in [5, 5.41) is 3.78. The zero-order valence-electron chi connectivity index (χ0n) is 18.6. The van der Waals surface area contributed by atoms with Crippen molar-refractivity contribution >= 4 is 11.6 Å². The van der Waals surface area contributed by atoms with Crippen LogP contribution in [0.25, 0.3) is 11.1 Å². The Hall–Kier alpha value is -3.56. The molecule has 0 bridgehead atoms. The number of ether oxygens (including phenoxy) is 2. The van der Waals surface area contributed by atoms with E-state index in [0.717, 1.165) is 26.9 Å². The Morgan fingerprint density at radius 2 is 1.91 bits per heavy atom. The van der Waals surface area contributed by atoms with Crippen LogP contribution in [-0.4, -0.2) is 40.6 Å². The molecule has 1 aliphatic heterocycles. The Bertz CT molecular complexity index is 1210. The molecule has 0 fully saturated rings. The Balaban J connectivity index is 1.70. The van der Waals surface area contributed by atoms with Gasteiger partial charge in [0.05, 0.1) is 31.6 Å². The topological polar surface area (TPSA) is 69.5 Å². The maximum Gasteiger partial charge on any atom is 0.408 e. The fourth-order valence-electron chi connectivity index (χ4n) is 4.11. The van der Waals surface area contributed by atoms with Gasteiger partial charge in [0.2, 0.25) is 0 Å². The Morgan fingerprint density at radius 3 is 2.58 bits per heavy atom. The quantitative estimate of drug-likeness (QED) is 0.521. The summed E-state index contributed by atoms with van der Waals surface area (Å²) in [6.45, 7) is 4.77. The van der Waals surface area contributed by atoms with Crippen LogP contribution in [0.4, 0.5) is 18.9 Å². The highest BCUT2D eigenvalue weighted by molar-refractivity contribution is 6.12. The summed E-state index contributed by atoms with van der Waals surface area (Å²) in [5.74, 6) is 0.623. The SMILES string of the molecule is CCOc1ncc(-c2cc(C)c3c(c2)C(C)N(c2cnn(CC(F)(F)F)c2)C3=O)cc1OC. The van der Waals surface area contributed by atoms with Gasteiger partial charge in [0.15, 0.2) is 5.75 Å². The Labute approximate surface area is 188 Å². The molecule has 3 heterocycles. The van der Waals surface area contributed by atoms with E-state index in [1.54, 1.807) is 6.20 Å². The summed E-state index contributed by atoms with van der Waals surface area (Å²) < 4.78 is 49.8. The lowest BCUT2D eigenvalue weighted by atomic mass is 9.95. The van der Waals surface area contributed by atoms with Gasteiger partial charge in [-0.3, -0.25) is 14.4 Å². The summed E-state index contributed by atoms with van der Waals surface area (Å²) >= 11 is 0. The average Bonchev–Trinajstić information content (AvgIpc) is 3.29. The first-order valence-corrected chi connectivity index (χ1v) is 10.4. The van der Waals surface area contributed by atoms with Crippen LogP contribution in [0, 0.1) is 6.92 Å². The summed E-state index contributed by atoms with van der Waals surface area (Å²) in [6, 6.07) is 5.23. The number of carbonyl (C=O) groups is 1. The maximum atomic E-state index is 13.2. The van der Waals surface area contributed by atoms with Crippen molar-refractivity contribution in [1.82, 2.24) is 14.8 Å². The van der Waals surface area contributed by atoms with Crippen LogP contribution in [0.3, 0.4) is 0 Å². The molecule has 10 heteroatoms. The summed E-state index contributed by atoms with van der Waals surface area (Å²) in [5.41, 5.74) is 4.04. The molecule has 1 amide bonds. The van der Waals surface area contributed by atoms with E-state index in [-0.39, 0.29) is 11.9 Å². The first-order valence-electron chi connectivity index (χ1n) is 10.4. The molecule has 33 heavy (non-hydrogen) atoms. The number of aromatic nitrogens is 3. The van der Waals surface area contributed by atoms with E-state index in [0.29, 0.717) is 29.5 Å². The number of fused-ring (bicyclic) bond motifs is 1. The molecule has 7 nitrogen and oxygen atoms in total. The summed E-state index contributed by atoms with van der Waals surface area (Å²) in [6.07, 6.45) is -0.199. The van der Waals surface area contributed by atoms with Gasteiger partial charge in [-0.15, -0.1) is 0 Å². The minimum Gasteiger partial charge on any atom is -0.491 e. The molecular formula is C23H23F3N4O3. The molecule has 3 aromatic rings. The Morgan fingerprint density at radius 1 is 1.15 bits per heavy atom. The van der Waals surface area contributed by atoms with Gasteiger partial charge >= 0.3 is 6.18 Å². The normalized spacial score (nSPS) is 15.7. The first-order chi connectivity index (χ1) is 15.6. The molecule has 1 atom stereocenters. The van der Waals surface area contributed by atoms with Crippen molar-refractivity contribution in [2.24, 2.45) is 0 Å². The molecule has 1 unspecified atom stereocenters. The van der Waals surface area contributed by atoms with E-state index >= 15 is 0 Å². The zero-order chi connectivity index (χ0) is 23.9. The van der Waals surface area contributed by atoms with Crippen molar-refractivity contribution in [3.05, 3.63) is 53.5 Å². The fourth-order valence-corrected chi connectivity index (χ4v) is 4.11. The average molecular weight is 460 g/mol. The molecule has 0 aliphatic carbocycles. The lowest BCUT2D eigenvalue weighted by Gasteiger charge is -2.20. The number of halogens is 3. The van der Waals surface area contributed by atoms with E-state index < -0.39 is 12.7 Å². The number of anilines is 1. The molecule has 2 aromatic heterocycles. The molecular weight excluding hydrogens is 437 g/mol. The Kier molecular flexibility index (Phi) is 5.77. The van der Waals surface area contributed by atoms with E-state index in [9.17, 15) is 18.0 Å². The number of benzene rings is 1. The van der Waals surface area contributed by atoms with Crippen LogP contribution in [0.1, 0.15) is 41.4 Å². The maximum absolute atomic E-state index is 13.2. The third kappa shape index (κ3) is 4.24. The van der Waals surface area contributed by atoms with Crippen LogP contribution >= 0.6 is 0 Å². The van der Waals surface area contributed by atoms with Gasteiger partial charge in [-0.05, 0) is 49.6 Å². The number of methoxy groups -OCH3 is 1. The van der Waals surface area contributed by atoms with E-state index in [4.69, 9.17) is 9.47 Å². The van der Waals surface area contributed by atoms with Gasteiger partial charge in [0.1, 0.15) is 6.54 Å². The smallest absolute Gasteiger partial charge is 0.408 e. The summed E-state index contributed by atoms with van der Waals surface area (Å²) in [4.78, 5) is 19.0. The van der Waals surface area contributed by atoms with Gasteiger partial charge in [0.25, 0.3) is 11.8 Å². The third-order valence-electron chi connectivity index (χ3n) is 5.53. The number of alkyl halides is 3. The number of pyridine rings is 1.